The fourth-order valence-electron chi connectivity index (χ4n) is 4.12. The van der Waals surface area contributed by atoms with E-state index in [0.717, 1.165) is 5.56 Å². The van der Waals surface area contributed by atoms with Gasteiger partial charge in [-0.2, -0.15) is 0 Å². The van der Waals surface area contributed by atoms with Gasteiger partial charge in [-0.05, 0) is 62.4 Å². The van der Waals surface area contributed by atoms with Crippen molar-refractivity contribution < 1.29 is 14.0 Å². The fourth-order valence-corrected chi connectivity index (χ4v) is 4.25. The number of benzene rings is 2. The van der Waals surface area contributed by atoms with Gasteiger partial charge in [0, 0.05) is 41.0 Å². The van der Waals surface area contributed by atoms with Crippen LogP contribution in [0.4, 0.5) is 5.69 Å². The molecule has 0 spiro atoms. The Morgan fingerprint density at radius 3 is 2.54 bits per heavy atom. The molecule has 1 aliphatic heterocycles. The molecule has 1 atom stereocenters. The van der Waals surface area contributed by atoms with E-state index in [2.05, 4.69) is 17.2 Å². The van der Waals surface area contributed by atoms with Gasteiger partial charge in [0.05, 0.1) is 18.6 Å². The van der Waals surface area contributed by atoms with E-state index in [9.17, 15) is 9.59 Å². The Bertz CT molecular complexity index is 1190. The molecule has 2 N–H and O–H groups in total. The van der Waals surface area contributed by atoms with Crippen LogP contribution >= 0.6 is 11.6 Å². The van der Waals surface area contributed by atoms with Crippen molar-refractivity contribution in [2.75, 3.05) is 25.0 Å². The molecule has 1 aromatic heterocycles. The fraction of sp³-hybridized carbons (Fsp3) is 0.259. The number of hydrogen-bond acceptors (Lipinski definition) is 5. The maximum atomic E-state index is 13.4. The first-order valence-corrected chi connectivity index (χ1v) is 11.9. The van der Waals surface area contributed by atoms with Crippen LogP contribution in [-0.2, 0) is 4.79 Å². The first-order chi connectivity index (χ1) is 16.8. The quantitative estimate of drug-likeness (QED) is 0.493. The maximum absolute atomic E-state index is 13.4. The third-order valence-electron chi connectivity index (χ3n) is 5.80. The summed E-state index contributed by atoms with van der Waals surface area (Å²) in [6.45, 7) is 9.33. The molecule has 2 heterocycles. The molecule has 2 aromatic carbocycles. The molecule has 1 unspecified atom stereocenters. The Morgan fingerprint density at radius 2 is 1.86 bits per heavy atom. The predicted molar refractivity (Wildman–Crippen MR) is 138 cm³/mol. The summed E-state index contributed by atoms with van der Waals surface area (Å²) < 4.78 is 5.47. The van der Waals surface area contributed by atoms with Gasteiger partial charge in [0.15, 0.2) is 0 Å². The van der Waals surface area contributed by atoms with Crippen LogP contribution in [0.5, 0.6) is 0 Å². The number of nitrogens with one attached hydrogen (secondary N) is 2. The summed E-state index contributed by atoms with van der Waals surface area (Å²) >= 11 is 5.98. The lowest BCUT2D eigenvalue weighted by Gasteiger charge is -2.43. The number of hydrogen-bond donors (Lipinski definition) is 2. The molecule has 182 valence electrons. The van der Waals surface area contributed by atoms with Crippen LogP contribution in [0.3, 0.4) is 0 Å². The average molecular weight is 493 g/mol. The van der Waals surface area contributed by atoms with E-state index < -0.39 is 6.04 Å². The molecule has 4 rings (SSSR count). The Balaban J connectivity index is 1.55. The highest BCUT2D eigenvalue weighted by molar-refractivity contribution is 6.30. The number of piperazine rings is 1. The average Bonchev–Trinajstić information content (AvgIpc) is 3.39. The predicted octanol–water partition coefficient (Wildman–Crippen LogP) is 4.83. The van der Waals surface area contributed by atoms with Gasteiger partial charge in [0.2, 0.25) is 5.91 Å². The van der Waals surface area contributed by atoms with Gasteiger partial charge < -0.3 is 24.9 Å². The van der Waals surface area contributed by atoms with Crippen molar-refractivity contribution in [1.82, 2.24) is 15.1 Å². The van der Waals surface area contributed by atoms with E-state index in [0.29, 0.717) is 40.9 Å². The van der Waals surface area contributed by atoms with Crippen LogP contribution in [0.1, 0.15) is 24.2 Å². The van der Waals surface area contributed by atoms with Crippen molar-refractivity contribution in [2.45, 2.75) is 25.9 Å². The van der Waals surface area contributed by atoms with Gasteiger partial charge in [-0.25, -0.2) is 0 Å². The SMILES string of the molecule is C=C(NC(C)C)N1CCN(C(=O)c2cccc(-c3ccco3)c2)CC1C(=O)Nc1ccc(Cl)cc1. The van der Waals surface area contributed by atoms with Crippen LogP contribution in [0, 0.1) is 0 Å². The molecule has 8 heteroatoms. The molecule has 1 aliphatic rings. The van der Waals surface area contributed by atoms with E-state index in [4.69, 9.17) is 16.0 Å². The van der Waals surface area contributed by atoms with Gasteiger partial charge in [0.1, 0.15) is 11.8 Å². The third kappa shape index (κ3) is 5.87. The molecule has 3 aromatic rings. The van der Waals surface area contributed by atoms with E-state index in [1.54, 1.807) is 41.5 Å². The normalized spacial score (nSPS) is 15.7. The Kier molecular flexibility index (Phi) is 7.46. The Labute approximate surface area is 210 Å². The van der Waals surface area contributed by atoms with Gasteiger partial charge >= 0.3 is 0 Å². The first kappa shape index (κ1) is 24.4. The number of halogens is 1. The summed E-state index contributed by atoms with van der Waals surface area (Å²) in [7, 11) is 0. The monoisotopic (exact) mass is 492 g/mol. The number of carbonyl (C=O) groups excluding carboxylic acids is 2. The van der Waals surface area contributed by atoms with Crippen molar-refractivity contribution in [2.24, 2.45) is 0 Å². The van der Waals surface area contributed by atoms with Crippen molar-refractivity contribution in [1.29, 1.82) is 0 Å². The summed E-state index contributed by atoms with van der Waals surface area (Å²) in [6.07, 6.45) is 1.60. The van der Waals surface area contributed by atoms with E-state index >= 15 is 0 Å². The van der Waals surface area contributed by atoms with Crippen molar-refractivity contribution >= 4 is 29.1 Å². The van der Waals surface area contributed by atoms with Crippen molar-refractivity contribution in [3.8, 4) is 11.3 Å². The molecule has 0 saturated carbocycles. The molecule has 0 aliphatic carbocycles. The largest absolute Gasteiger partial charge is 0.464 e. The molecule has 7 nitrogen and oxygen atoms in total. The summed E-state index contributed by atoms with van der Waals surface area (Å²) in [6, 6.07) is 17.5. The summed E-state index contributed by atoms with van der Waals surface area (Å²) in [5.41, 5.74) is 2.01. The van der Waals surface area contributed by atoms with Crippen molar-refractivity contribution in [3.05, 3.63) is 89.9 Å². The molecular formula is C27H29ClN4O3. The highest BCUT2D eigenvalue weighted by atomic mass is 35.5. The number of furan rings is 1. The Hall–Kier alpha value is -3.71. The second kappa shape index (κ2) is 10.7. The highest BCUT2D eigenvalue weighted by Gasteiger charge is 2.35. The molecular weight excluding hydrogens is 464 g/mol. The number of rotatable bonds is 7. The van der Waals surface area contributed by atoms with E-state index in [-0.39, 0.29) is 24.4 Å². The molecule has 35 heavy (non-hydrogen) atoms. The van der Waals surface area contributed by atoms with Crippen LogP contribution < -0.4 is 10.6 Å². The first-order valence-electron chi connectivity index (χ1n) is 11.5. The molecule has 1 saturated heterocycles. The molecule has 1 fully saturated rings. The molecule has 0 bridgehead atoms. The van der Waals surface area contributed by atoms with Crippen LogP contribution in [-0.4, -0.2) is 53.3 Å². The smallest absolute Gasteiger partial charge is 0.254 e. The maximum Gasteiger partial charge on any atom is 0.254 e. The minimum atomic E-state index is -0.615. The zero-order chi connectivity index (χ0) is 24.9. The van der Waals surface area contributed by atoms with E-state index in [1.165, 1.54) is 0 Å². The van der Waals surface area contributed by atoms with Gasteiger partial charge in [-0.15, -0.1) is 0 Å². The summed E-state index contributed by atoms with van der Waals surface area (Å²) in [4.78, 5) is 30.4. The second-order valence-corrected chi connectivity index (χ2v) is 9.20. The molecule has 2 amide bonds. The standard InChI is InChI=1S/C27H29ClN4O3/c1-18(2)29-19(3)32-14-13-31(17-24(32)26(33)30-23-11-9-22(28)10-12-23)27(34)21-7-4-6-20(16-21)25-8-5-15-35-25/h4-12,15-16,18,24,29H,3,13-14,17H2,1-2H3,(H,30,33). The lowest BCUT2D eigenvalue weighted by atomic mass is 10.1. The lowest BCUT2D eigenvalue weighted by molar-refractivity contribution is -0.122. The number of amides is 2. The van der Waals surface area contributed by atoms with Gasteiger partial charge in [-0.3, -0.25) is 9.59 Å². The number of nitrogens with zero attached hydrogens (tertiary/aromatic N) is 2. The minimum Gasteiger partial charge on any atom is -0.464 e. The number of carbonyl (C=O) groups is 2. The third-order valence-corrected chi connectivity index (χ3v) is 6.05. The van der Waals surface area contributed by atoms with Crippen LogP contribution in [0.15, 0.2) is 83.7 Å². The second-order valence-electron chi connectivity index (χ2n) is 8.76. The highest BCUT2D eigenvalue weighted by Crippen LogP contribution is 2.23. The zero-order valence-corrected chi connectivity index (χ0v) is 20.6. The van der Waals surface area contributed by atoms with E-state index in [1.807, 2.05) is 49.1 Å². The molecule has 0 radical (unpaired) electrons. The minimum absolute atomic E-state index is 0.134. The van der Waals surface area contributed by atoms with Gasteiger partial charge in [-0.1, -0.05) is 30.3 Å². The number of anilines is 1. The Morgan fingerprint density at radius 1 is 1.09 bits per heavy atom. The lowest BCUT2D eigenvalue weighted by Crippen LogP contribution is -2.59. The van der Waals surface area contributed by atoms with Crippen LogP contribution in [0.2, 0.25) is 5.02 Å². The summed E-state index contributed by atoms with van der Waals surface area (Å²) in [5.74, 6) is 0.995. The van der Waals surface area contributed by atoms with Gasteiger partial charge in [0.25, 0.3) is 5.91 Å². The van der Waals surface area contributed by atoms with Crippen molar-refractivity contribution in [3.63, 3.8) is 0 Å². The van der Waals surface area contributed by atoms with Crippen LogP contribution in [0.25, 0.3) is 11.3 Å². The summed E-state index contributed by atoms with van der Waals surface area (Å²) in [5, 5.41) is 6.82. The topological polar surface area (TPSA) is 77.8 Å². The zero-order valence-electron chi connectivity index (χ0n) is 19.8.